The highest BCUT2D eigenvalue weighted by Gasteiger charge is 2.40. The van der Waals surface area contributed by atoms with Crippen LogP contribution in [0.15, 0.2) is 18.7 Å². The first kappa shape index (κ1) is 26.0. The lowest BCUT2D eigenvalue weighted by Gasteiger charge is -2.32. The first-order chi connectivity index (χ1) is 14.5. The largest absolute Gasteiger partial charge is 0.478 e. The van der Waals surface area contributed by atoms with Gasteiger partial charge in [-0.3, -0.25) is 5.41 Å². The molecule has 0 bridgehead atoms. The van der Waals surface area contributed by atoms with Gasteiger partial charge in [-0.2, -0.15) is 0 Å². The number of rotatable bonds is 19. The number of carbonyl (C=O) groups is 1. The van der Waals surface area contributed by atoms with Crippen LogP contribution in [0.1, 0.15) is 110 Å². The van der Waals surface area contributed by atoms with E-state index >= 15 is 0 Å². The van der Waals surface area contributed by atoms with E-state index in [9.17, 15) is 9.90 Å². The Kier molecular flexibility index (Phi) is 13.6. The van der Waals surface area contributed by atoms with E-state index in [2.05, 4.69) is 17.2 Å². The van der Waals surface area contributed by atoms with Crippen LogP contribution >= 0.6 is 0 Å². The number of aliphatic carboxylic acids is 1. The van der Waals surface area contributed by atoms with Crippen LogP contribution in [0.5, 0.6) is 0 Å². The number of unbranched alkanes of at least 4 members (excludes halogenated alkanes) is 14. The van der Waals surface area contributed by atoms with E-state index in [1.165, 1.54) is 94.1 Å². The number of guanidine groups is 1. The van der Waals surface area contributed by atoms with Crippen LogP contribution in [-0.2, 0) is 10.5 Å². The van der Waals surface area contributed by atoms with Crippen molar-refractivity contribution in [3.05, 3.63) is 18.7 Å². The number of hydrogen-bond acceptors (Lipinski definition) is 3. The third kappa shape index (κ3) is 10.1. The lowest BCUT2D eigenvalue weighted by molar-refractivity contribution is -0.149. The summed E-state index contributed by atoms with van der Waals surface area (Å²) < 4.78 is 1.49. The zero-order valence-corrected chi connectivity index (χ0v) is 18.9. The van der Waals surface area contributed by atoms with E-state index in [0.29, 0.717) is 6.42 Å². The van der Waals surface area contributed by atoms with E-state index in [0.717, 1.165) is 19.3 Å². The molecule has 0 spiro atoms. The van der Waals surface area contributed by atoms with Gasteiger partial charge < -0.3 is 20.7 Å². The Morgan fingerprint density at radius 3 is 1.80 bits per heavy atom. The van der Waals surface area contributed by atoms with Gasteiger partial charge in [0.15, 0.2) is 5.96 Å². The van der Waals surface area contributed by atoms with Crippen LogP contribution in [-0.4, -0.2) is 26.6 Å². The molecule has 1 heterocycles. The normalized spacial score (nSPS) is 13.1. The maximum absolute atomic E-state index is 12.0. The van der Waals surface area contributed by atoms with E-state index < -0.39 is 11.6 Å². The number of nitrogens with zero attached hydrogens (tertiary/aromatic N) is 2. The summed E-state index contributed by atoms with van der Waals surface area (Å²) in [6.45, 7) is 2.26. The zero-order chi connectivity index (χ0) is 22.1. The summed E-state index contributed by atoms with van der Waals surface area (Å²) in [5, 5.41) is 19.9. The van der Waals surface area contributed by atoms with Crippen LogP contribution in [0.4, 0.5) is 0 Å². The fraction of sp³-hybridized carbons (Fsp3) is 0.783. The number of carboxylic acid groups (broad SMARTS) is 1. The lowest BCUT2D eigenvalue weighted by atomic mass is 9.99. The van der Waals surface area contributed by atoms with Gasteiger partial charge in [-0.15, -0.1) is 0 Å². The summed E-state index contributed by atoms with van der Waals surface area (Å²) in [6.07, 6.45) is 23.9. The van der Waals surface area contributed by atoms with Gasteiger partial charge in [-0.05, 0) is 6.42 Å². The summed E-state index contributed by atoms with van der Waals surface area (Å²) in [7, 11) is 0. The summed E-state index contributed by atoms with van der Waals surface area (Å²) in [4.78, 5) is 15.9. The molecule has 7 heteroatoms. The van der Waals surface area contributed by atoms with Gasteiger partial charge in [0.1, 0.15) is 0 Å². The molecular formula is C23H43N5O2. The highest BCUT2D eigenvalue weighted by molar-refractivity contribution is 5.84. The molecule has 0 aliphatic carbocycles. The second kappa shape index (κ2) is 15.7. The van der Waals surface area contributed by atoms with E-state index in [-0.39, 0.29) is 5.96 Å². The molecule has 7 nitrogen and oxygen atoms in total. The third-order valence-corrected chi connectivity index (χ3v) is 5.78. The van der Waals surface area contributed by atoms with Crippen molar-refractivity contribution in [3.8, 4) is 0 Å². The van der Waals surface area contributed by atoms with Gasteiger partial charge in [-0.25, -0.2) is 9.78 Å². The molecule has 0 aromatic carbocycles. The topological polar surface area (TPSA) is 117 Å². The van der Waals surface area contributed by atoms with Crippen molar-refractivity contribution in [1.82, 2.24) is 14.9 Å². The highest BCUT2D eigenvalue weighted by atomic mass is 16.4. The van der Waals surface area contributed by atoms with E-state index in [1.54, 1.807) is 6.20 Å². The summed E-state index contributed by atoms with van der Waals surface area (Å²) >= 11 is 0. The molecule has 0 saturated carbocycles. The molecule has 1 aromatic heterocycles. The first-order valence-corrected chi connectivity index (χ1v) is 11.9. The minimum absolute atomic E-state index is 0.355. The number of nitrogens with two attached hydrogens (primary N) is 1. The maximum atomic E-state index is 12.0. The lowest BCUT2D eigenvalue weighted by Crippen LogP contribution is -2.57. The molecule has 0 aliphatic rings. The third-order valence-electron chi connectivity index (χ3n) is 5.78. The summed E-state index contributed by atoms with van der Waals surface area (Å²) in [5.41, 5.74) is 4.01. The van der Waals surface area contributed by atoms with Gasteiger partial charge in [0, 0.05) is 18.8 Å². The number of carboxylic acids is 1. The number of imidazole rings is 1. The predicted molar refractivity (Wildman–Crippen MR) is 122 cm³/mol. The monoisotopic (exact) mass is 421 g/mol. The Morgan fingerprint density at radius 2 is 1.43 bits per heavy atom. The summed E-state index contributed by atoms with van der Waals surface area (Å²) in [5.74, 6) is -1.41. The fourth-order valence-electron chi connectivity index (χ4n) is 3.99. The Morgan fingerprint density at radius 1 is 0.967 bits per heavy atom. The number of nitrogens with one attached hydrogen (secondary N) is 2. The minimum Gasteiger partial charge on any atom is -0.478 e. The van der Waals surface area contributed by atoms with Crippen molar-refractivity contribution < 1.29 is 9.90 Å². The predicted octanol–water partition coefficient (Wildman–Crippen LogP) is 5.37. The molecule has 1 atom stereocenters. The second-order valence-electron chi connectivity index (χ2n) is 8.37. The van der Waals surface area contributed by atoms with Crippen molar-refractivity contribution >= 4 is 11.9 Å². The van der Waals surface area contributed by atoms with Gasteiger partial charge >= 0.3 is 5.97 Å². The average Bonchev–Trinajstić information content (AvgIpc) is 3.24. The highest BCUT2D eigenvalue weighted by Crippen LogP contribution is 2.22. The van der Waals surface area contributed by atoms with Gasteiger partial charge in [0.05, 0.1) is 6.33 Å². The van der Waals surface area contributed by atoms with Crippen LogP contribution in [0.3, 0.4) is 0 Å². The Balaban J connectivity index is 2.13. The van der Waals surface area contributed by atoms with Gasteiger partial charge in [0.2, 0.25) is 5.66 Å². The molecule has 30 heavy (non-hydrogen) atoms. The molecular weight excluding hydrogens is 378 g/mol. The minimum atomic E-state index is -1.45. The molecule has 5 N–H and O–H groups in total. The Labute approximate surface area is 182 Å². The molecule has 0 fully saturated rings. The van der Waals surface area contributed by atoms with Gasteiger partial charge in [0.25, 0.3) is 0 Å². The quantitative estimate of drug-likeness (QED) is 0.136. The van der Waals surface area contributed by atoms with E-state index in [4.69, 9.17) is 11.1 Å². The van der Waals surface area contributed by atoms with Crippen LogP contribution in [0.25, 0.3) is 0 Å². The molecule has 0 saturated heterocycles. The molecule has 1 unspecified atom stereocenters. The number of hydrogen-bond donors (Lipinski definition) is 4. The molecule has 0 amide bonds. The molecule has 1 aromatic rings. The zero-order valence-electron chi connectivity index (χ0n) is 18.9. The maximum Gasteiger partial charge on any atom is 0.351 e. The van der Waals surface area contributed by atoms with Crippen LogP contribution in [0, 0.1) is 5.41 Å². The molecule has 1 rings (SSSR count). The van der Waals surface area contributed by atoms with Crippen molar-refractivity contribution in [2.75, 3.05) is 0 Å². The van der Waals surface area contributed by atoms with Crippen molar-refractivity contribution in [2.24, 2.45) is 5.73 Å². The molecule has 0 radical (unpaired) electrons. The Bertz CT molecular complexity index is 576. The SMILES string of the molecule is CCCCCCCCCCCCCCCCCC(NC(=N)N)(C(=O)O)n1ccnc1. The van der Waals surface area contributed by atoms with Gasteiger partial charge in [-0.1, -0.05) is 96.8 Å². The Hall–Kier alpha value is -2.05. The smallest absolute Gasteiger partial charge is 0.351 e. The summed E-state index contributed by atoms with van der Waals surface area (Å²) in [6, 6.07) is 0. The van der Waals surface area contributed by atoms with E-state index in [1.807, 2.05) is 0 Å². The van der Waals surface area contributed by atoms with Crippen LogP contribution < -0.4 is 11.1 Å². The van der Waals surface area contributed by atoms with Crippen LogP contribution in [0.2, 0.25) is 0 Å². The second-order valence-corrected chi connectivity index (χ2v) is 8.37. The number of aromatic nitrogens is 2. The average molecular weight is 422 g/mol. The van der Waals surface area contributed by atoms with Crippen molar-refractivity contribution in [1.29, 1.82) is 5.41 Å². The standard InChI is InChI=1S/C23H43N5O2/c1-2-3-4-5-6-7-8-9-10-11-12-13-14-15-16-17-23(21(29)30,27-22(24)25)28-19-18-26-20-28/h18-20H,2-17H2,1H3,(H,29,30)(H4,24,25,27). The molecule has 0 aliphatic heterocycles. The van der Waals surface area contributed by atoms with Crippen molar-refractivity contribution in [2.45, 2.75) is 115 Å². The van der Waals surface area contributed by atoms with Crippen molar-refractivity contribution in [3.63, 3.8) is 0 Å². The fourth-order valence-corrected chi connectivity index (χ4v) is 3.99. The first-order valence-electron chi connectivity index (χ1n) is 11.9. The molecule has 172 valence electrons.